The van der Waals surface area contributed by atoms with E-state index >= 15 is 0 Å². The fraction of sp³-hybridized carbons (Fsp3) is 0.0526. The van der Waals surface area contributed by atoms with Gasteiger partial charge in [-0.25, -0.2) is 0 Å². The Morgan fingerprint density at radius 2 is 1.78 bits per heavy atom. The largest absolute Gasteiger partial charge is 0.343 e. The van der Waals surface area contributed by atoms with E-state index in [-0.39, 0.29) is 23.6 Å². The van der Waals surface area contributed by atoms with Crippen LogP contribution in [-0.4, -0.2) is 17.6 Å². The van der Waals surface area contributed by atoms with Crippen molar-refractivity contribution in [3.8, 4) is 6.07 Å². The van der Waals surface area contributed by atoms with Gasteiger partial charge in [-0.1, -0.05) is 18.2 Å². The first kappa shape index (κ1) is 18.5. The molecule has 0 saturated heterocycles. The van der Waals surface area contributed by atoms with Gasteiger partial charge in [-0.2, -0.15) is 5.26 Å². The number of thiophene rings is 2. The number of hydrogen-bond donors (Lipinski definition) is 2. The molecule has 0 unspecified atom stereocenters. The Balaban J connectivity index is 1.57. The summed E-state index contributed by atoms with van der Waals surface area (Å²) in [5.41, 5.74) is 0.550. The third-order valence-electron chi connectivity index (χ3n) is 3.56. The molecule has 8 heteroatoms. The topological polar surface area (TPSA) is 99.1 Å². The number of nitrogens with zero attached hydrogens (tertiary/aromatic N) is 1. The molecule has 3 rings (SSSR count). The van der Waals surface area contributed by atoms with Crippen LogP contribution in [0.2, 0.25) is 0 Å². The van der Waals surface area contributed by atoms with Crippen LogP contribution in [0.15, 0.2) is 53.9 Å². The molecule has 2 amide bonds. The molecule has 3 aromatic rings. The molecule has 2 aromatic heterocycles. The number of hydrogen-bond acceptors (Lipinski definition) is 6. The minimum absolute atomic E-state index is 0.0570. The van der Waals surface area contributed by atoms with Gasteiger partial charge in [0.1, 0.15) is 6.07 Å². The summed E-state index contributed by atoms with van der Waals surface area (Å²) in [5, 5.41) is 15.8. The van der Waals surface area contributed by atoms with Gasteiger partial charge in [0.05, 0.1) is 27.5 Å². The minimum Gasteiger partial charge on any atom is -0.343 e. The molecule has 0 bridgehead atoms. The van der Waals surface area contributed by atoms with Gasteiger partial charge in [-0.3, -0.25) is 14.4 Å². The summed E-state index contributed by atoms with van der Waals surface area (Å²) in [7, 11) is 0. The van der Waals surface area contributed by atoms with Crippen molar-refractivity contribution in [2.75, 3.05) is 5.32 Å². The Kier molecular flexibility index (Phi) is 5.76. The second-order valence-corrected chi connectivity index (χ2v) is 7.48. The molecule has 134 valence electrons. The average Bonchev–Trinajstić information content (AvgIpc) is 3.38. The van der Waals surface area contributed by atoms with Gasteiger partial charge in [-0.05, 0) is 35.7 Å². The summed E-state index contributed by atoms with van der Waals surface area (Å²) in [6, 6.07) is 15.4. The van der Waals surface area contributed by atoms with Gasteiger partial charge in [0.15, 0.2) is 0 Å². The SMILES string of the molecule is N#Cc1ccccc1NC(=O)C(=O)NCc1ccc(C(=O)c2cccs2)s1. The fourth-order valence-corrected chi connectivity index (χ4v) is 3.88. The lowest BCUT2D eigenvalue weighted by Crippen LogP contribution is -2.34. The van der Waals surface area contributed by atoms with Crippen molar-refractivity contribution in [3.05, 3.63) is 74.1 Å². The average molecular weight is 395 g/mol. The van der Waals surface area contributed by atoms with E-state index in [0.29, 0.717) is 9.75 Å². The Morgan fingerprint density at radius 3 is 2.52 bits per heavy atom. The first-order chi connectivity index (χ1) is 13.1. The highest BCUT2D eigenvalue weighted by Crippen LogP contribution is 2.22. The maximum absolute atomic E-state index is 12.3. The molecular formula is C19H13N3O3S2. The number of carbonyl (C=O) groups is 3. The Morgan fingerprint density at radius 1 is 0.963 bits per heavy atom. The first-order valence-corrected chi connectivity index (χ1v) is 9.53. The maximum Gasteiger partial charge on any atom is 0.313 e. The van der Waals surface area contributed by atoms with Gasteiger partial charge >= 0.3 is 11.8 Å². The summed E-state index contributed by atoms with van der Waals surface area (Å²) >= 11 is 2.64. The molecule has 6 nitrogen and oxygen atoms in total. The second kappa shape index (κ2) is 8.40. The zero-order valence-corrected chi connectivity index (χ0v) is 15.5. The summed E-state index contributed by atoms with van der Waals surface area (Å²) < 4.78 is 0. The number of para-hydroxylation sites is 1. The predicted molar refractivity (Wildman–Crippen MR) is 104 cm³/mol. The third-order valence-corrected chi connectivity index (χ3v) is 5.51. The molecule has 0 aliphatic rings. The molecule has 1 aromatic carbocycles. The van der Waals surface area contributed by atoms with Crippen LogP contribution >= 0.6 is 22.7 Å². The molecule has 0 atom stereocenters. The fourth-order valence-electron chi connectivity index (χ4n) is 2.24. The number of anilines is 1. The van der Waals surface area contributed by atoms with E-state index < -0.39 is 11.8 Å². The third kappa shape index (κ3) is 4.47. The summed E-state index contributed by atoms with van der Waals surface area (Å²) in [4.78, 5) is 38.2. The number of benzene rings is 1. The Bertz CT molecular complexity index is 1030. The van der Waals surface area contributed by atoms with E-state index in [1.54, 1.807) is 42.5 Å². The van der Waals surface area contributed by atoms with E-state index in [1.165, 1.54) is 22.7 Å². The van der Waals surface area contributed by atoms with Gasteiger partial charge in [0, 0.05) is 4.88 Å². The monoisotopic (exact) mass is 395 g/mol. The van der Waals surface area contributed by atoms with Crippen molar-refractivity contribution in [1.29, 1.82) is 5.26 Å². The van der Waals surface area contributed by atoms with Crippen molar-refractivity contribution in [3.63, 3.8) is 0 Å². The van der Waals surface area contributed by atoms with Crippen molar-refractivity contribution >= 4 is 46.0 Å². The van der Waals surface area contributed by atoms with Gasteiger partial charge < -0.3 is 10.6 Å². The van der Waals surface area contributed by atoms with Crippen LogP contribution < -0.4 is 10.6 Å². The number of rotatable bonds is 5. The lowest BCUT2D eigenvalue weighted by molar-refractivity contribution is -0.136. The van der Waals surface area contributed by atoms with E-state index in [4.69, 9.17) is 5.26 Å². The van der Waals surface area contributed by atoms with Crippen LogP contribution in [0, 0.1) is 11.3 Å². The lowest BCUT2D eigenvalue weighted by atomic mass is 10.2. The molecule has 0 fully saturated rings. The zero-order valence-electron chi connectivity index (χ0n) is 13.9. The van der Waals surface area contributed by atoms with Crippen LogP contribution in [0.3, 0.4) is 0 Å². The van der Waals surface area contributed by atoms with Crippen molar-refractivity contribution in [2.24, 2.45) is 0 Å². The molecule has 0 saturated carbocycles. The van der Waals surface area contributed by atoms with E-state index in [0.717, 1.165) is 4.88 Å². The molecule has 2 heterocycles. The quantitative estimate of drug-likeness (QED) is 0.512. The minimum atomic E-state index is -0.857. The number of ketones is 1. The van der Waals surface area contributed by atoms with Crippen molar-refractivity contribution in [1.82, 2.24) is 5.32 Å². The summed E-state index contributed by atoms with van der Waals surface area (Å²) in [6.45, 7) is 0.133. The van der Waals surface area contributed by atoms with E-state index in [2.05, 4.69) is 10.6 Å². The van der Waals surface area contributed by atoms with E-state index in [9.17, 15) is 14.4 Å². The number of nitrogens with one attached hydrogen (secondary N) is 2. The normalized spacial score (nSPS) is 10.0. The Hall–Kier alpha value is -3.28. The van der Waals surface area contributed by atoms with E-state index in [1.807, 2.05) is 17.5 Å². The smallest absolute Gasteiger partial charge is 0.313 e. The maximum atomic E-state index is 12.3. The van der Waals surface area contributed by atoms with Gasteiger partial charge in [-0.15, -0.1) is 22.7 Å². The molecule has 27 heavy (non-hydrogen) atoms. The van der Waals surface area contributed by atoms with Crippen molar-refractivity contribution in [2.45, 2.75) is 6.54 Å². The predicted octanol–water partition coefficient (Wildman–Crippen LogP) is 3.17. The highest BCUT2D eigenvalue weighted by molar-refractivity contribution is 7.16. The molecule has 2 N–H and O–H groups in total. The standard InChI is InChI=1S/C19H13N3O3S2/c20-10-12-4-1-2-5-14(12)22-19(25)18(24)21-11-13-7-8-16(27-13)17(23)15-6-3-9-26-15/h1-9H,11H2,(H,21,24)(H,22,25). The summed E-state index contributed by atoms with van der Waals surface area (Å²) in [5.74, 6) is -1.73. The summed E-state index contributed by atoms with van der Waals surface area (Å²) in [6.07, 6.45) is 0. The van der Waals surface area contributed by atoms with Crippen LogP contribution in [0.25, 0.3) is 0 Å². The van der Waals surface area contributed by atoms with Gasteiger partial charge in [0.25, 0.3) is 0 Å². The second-order valence-electron chi connectivity index (χ2n) is 5.37. The lowest BCUT2D eigenvalue weighted by Gasteiger charge is -2.07. The molecule has 0 radical (unpaired) electrons. The first-order valence-electron chi connectivity index (χ1n) is 7.83. The van der Waals surface area contributed by atoms with Gasteiger partial charge in [0.2, 0.25) is 5.78 Å². The highest BCUT2D eigenvalue weighted by atomic mass is 32.1. The van der Waals surface area contributed by atoms with Crippen LogP contribution in [-0.2, 0) is 16.1 Å². The molecule has 0 aliphatic carbocycles. The Labute approximate surface area is 163 Å². The number of nitriles is 1. The zero-order chi connectivity index (χ0) is 19.2. The van der Waals surface area contributed by atoms with Crippen LogP contribution in [0.4, 0.5) is 5.69 Å². The molecule has 0 aliphatic heterocycles. The molecular weight excluding hydrogens is 382 g/mol. The van der Waals surface area contributed by atoms with Crippen LogP contribution in [0.1, 0.15) is 25.0 Å². The number of carbonyl (C=O) groups excluding carboxylic acids is 3. The highest BCUT2D eigenvalue weighted by Gasteiger charge is 2.17. The van der Waals surface area contributed by atoms with Crippen molar-refractivity contribution < 1.29 is 14.4 Å². The molecule has 0 spiro atoms. The number of amides is 2. The van der Waals surface area contributed by atoms with Crippen LogP contribution in [0.5, 0.6) is 0 Å².